The molecule has 1 unspecified atom stereocenters. The number of aliphatic hydroxyl groups excluding tert-OH is 1. The van der Waals surface area contributed by atoms with E-state index in [1.54, 1.807) is 0 Å². The normalized spacial score (nSPS) is 12.9. The summed E-state index contributed by atoms with van der Waals surface area (Å²) in [6.07, 6.45) is 7.03. The van der Waals surface area contributed by atoms with Gasteiger partial charge in [0.1, 0.15) is 0 Å². The molecule has 0 radical (unpaired) electrons. The molecule has 0 aromatic heterocycles. The number of unbranched alkanes of at least 4 members (excludes halogenated alkanes) is 4. The molecule has 0 spiro atoms. The minimum absolute atomic E-state index is 0.431. The summed E-state index contributed by atoms with van der Waals surface area (Å²) in [7, 11) is 0. The van der Waals surface area contributed by atoms with Crippen molar-refractivity contribution in [2.45, 2.75) is 58.5 Å². The lowest BCUT2D eigenvalue weighted by Gasteiger charge is -2.25. The van der Waals surface area contributed by atoms with Gasteiger partial charge in [0, 0.05) is 6.54 Å². The SMILES string of the molecule is CCCCCN(CCCCC)CC(O)c1ccc2c(ccc3ccccc32)c1. The predicted octanol–water partition coefficient (Wildman–Crippen LogP) is 6.71. The van der Waals surface area contributed by atoms with Gasteiger partial charge in [-0.3, -0.25) is 0 Å². The summed E-state index contributed by atoms with van der Waals surface area (Å²) >= 11 is 0. The van der Waals surface area contributed by atoms with Gasteiger partial charge in [-0.15, -0.1) is 0 Å². The van der Waals surface area contributed by atoms with Crippen LogP contribution in [0.25, 0.3) is 21.5 Å². The molecule has 0 aliphatic heterocycles. The van der Waals surface area contributed by atoms with Crippen molar-refractivity contribution in [2.24, 2.45) is 0 Å². The Hall–Kier alpha value is -1.90. The first-order valence-electron chi connectivity index (χ1n) is 11.0. The van der Waals surface area contributed by atoms with Gasteiger partial charge in [-0.25, -0.2) is 0 Å². The van der Waals surface area contributed by atoms with Gasteiger partial charge in [-0.1, -0.05) is 88.1 Å². The van der Waals surface area contributed by atoms with Crippen LogP contribution in [0.2, 0.25) is 0 Å². The second-order valence-electron chi connectivity index (χ2n) is 8.00. The molecule has 150 valence electrons. The van der Waals surface area contributed by atoms with Crippen LogP contribution in [0.1, 0.15) is 64.0 Å². The Morgan fingerprint density at radius 2 is 1.39 bits per heavy atom. The summed E-state index contributed by atoms with van der Waals surface area (Å²) < 4.78 is 0. The number of benzene rings is 3. The standard InChI is InChI=1S/C26H35NO/c1-3-5-9-17-27(18-10-6-4-2)20-26(28)23-15-16-25-22(19-23)14-13-21-11-7-8-12-24(21)25/h7-8,11-16,19,26,28H,3-6,9-10,17-18,20H2,1-2H3. The molecule has 0 aliphatic rings. The summed E-state index contributed by atoms with van der Waals surface area (Å²) in [6, 6.07) is 19.3. The molecule has 3 rings (SSSR count). The molecular weight excluding hydrogens is 342 g/mol. The molecule has 0 saturated heterocycles. The van der Waals surface area contributed by atoms with E-state index in [0.29, 0.717) is 0 Å². The Bertz CT molecular complexity index is 863. The van der Waals surface area contributed by atoms with Gasteiger partial charge in [-0.05, 0) is 59.1 Å². The summed E-state index contributed by atoms with van der Waals surface area (Å²) in [5.74, 6) is 0. The smallest absolute Gasteiger partial charge is 0.0917 e. The Labute approximate surface area is 170 Å². The fourth-order valence-corrected chi connectivity index (χ4v) is 4.05. The third-order valence-electron chi connectivity index (χ3n) is 5.74. The van der Waals surface area contributed by atoms with Gasteiger partial charge in [0.05, 0.1) is 6.10 Å². The van der Waals surface area contributed by atoms with E-state index in [1.807, 2.05) is 0 Å². The molecule has 0 heterocycles. The van der Waals surface area contributed by atoms with Gasteiger partial charge >= 0.3 is 0 Å². The van der Waals surface area contributed by atoms with Crippen molar-refractivity contribution >= 4 is 21.5 Å². The molecule has 0 fully saturated rings. The van der Waals surface area contributed by atoms with E-state index in [0.717, 1.165) is 25.2 Å². The molecule has 1 N–H and O–H groups in total. The van der Waals surface area contributed by atoms with Gasteiger partial charge in [0.25, 0.3) is 0 Å². The maximum Gasteiger partial charge on any atom is 0.0917 e. The second-order valence-corrected chi connectivity index (χ2v) is 8.00. The number of hydrogen-bond acceptors (Lipinski definition) is 2. The first-order valence-corrected chi connectivity index (χ1v) is 11.0. The van der Waals surface area contributed by atoms with Crippen LogP contribution in [0.15, 0.2) is 54.6 Å². The number of aliphatic hydroxyl groups is 1. The topological polar surface area (TPSA) is 23.5 Å². The molecule has 3 aromatic rings. The van der Waals surface area contributed by atoms with Crippen LogP contribution in [0.5, 0.6) is 0 Å². The monoisotopic (exact) mass is 377 g/mol. The van der Waals surface area contributed by atoms with Gasteiger partial charge < -0.3 is 10.0 Å². The minimum Gasteiger partial charge on any atom is -0.387 e. The van der Waals surface area contributed by atoms with Crippen molar-refractivity contribution in [2.75, 3.05) is 19.6 Å². The summed E-state index contributed by atoms with van der Waals surface area (Å²) in [5, 5.41) is 15.9. The molecule has 0 aliphatic carbocycles. The Kier molecular flexibility index (Phi) is 7.88. The van der Waals surface area contributed by atoms with Crippen molar-refractivity contribution < 1.29 is 5.11 Å². The van der Waals surface area contributed by atoms with Gasteiger partial charge in [0.15, 0.2) is 0 Å². The van der Waals surface area contributed by atoms with E-state index in [9.17, 15) is 5.11 Å². The zero-order valence-corrected chi connectivity index (χ0v) is 17.5. The summed E-state index contributed by atoms with van der Waals surface area (Å²) in [5.41, 5.74) is 1.03. The number of rotatable bonds is 11. The van der Waals surface area contributed by atoms with E-state index < -0.39 is 6.10 Å². The van der Waals surface area contributed by atoms with Crippen molar-refractivity contribution in [1.29, 1.82) is 0 Å². The zero-order valence-electron chi connectivity index (χ0n) is 17.5. The third-order valence-corrected chi connectivity index (χ3v) is 5.74. The fourth-order valence-electron chi connectivity index (χ4n) is 4.05. The fraction of sp³-hybridized carbons (Fsp3) is 0.462. The predicted molar refractivity (Wildman–Crippen MR) is 122 cm³/mol. The first kappa shape index (κ1) is 20.8. The lowest BCUT2D eigenvalue weighted by Crippen LogP contribution is -2.30. The largest absolute Gasteiger partial charge is 0.387 e. The van der Waals surface area contributed by atoms with Gasteiger partial charge in [0.2, 0.25) is 0 Å². The van der Waals surface area contributed by atoms with E-state index >= 15 is 0 Å². The number of hydrogen-bond donors (Lipinski definition) is 1. The average Bonchev–Trinajstić information content (AvgIpc) is 2.73. The highest BCUT2D eigenvalue weighted by atomic mass is 16.3. The molecule has 2 heteroatoms. The van der Waals surface area contributed by atoms with Crippen LogP contribution in [0, 0.1) is 0 Å². The Morgan fingerprint density at radius 1 is 0.750 bits per heavy atom. The van der Waals surface area contributed by atoms with Crippen LogP contribution in [0.3, 0.4) is 0 Å². The van der Waals surface area contributed by atoms with Crippen LogP contribution in [-0.4, -0.2) is 29.6 Å². The van der Waals surface area contributed by atoms with E-state index in [-0.39, 0.29) is 0 Å². The van der Waals surface area contributed by atoms with Crippen molar-refractivity contribution in [3.8, 4) is 0 Å². The molecule has 28 heavy (non-hydrogen) atoms. The molecule has 1 atom stereocenters. The maximum absolute atomic E-state index is 10.9. The highest BCUT2D eigenvalue weighted by Gasteiger charge is 2.14. The van der Waals surface area contributed by atoms with E-state index in [1.165, 1.54) is 60.1 Å². The lowest BCUT2D eigenvalue weighted by molar-refractivity contribution is 0.110. The van der Waals surface area contributed by atoms with Crippen molar-refractivity contribution in [3.63, 3.8) is 0 Å². The van der Waals surface area contributed by atoms with Crippen molar-refractivity contribution in [3.05, 3.63) is 60.2 Å². The minimum atomic E-state index is -0.431. The highest BCUT2D eigenvalue weighted by molar-refractivity contribution is 6.07. The summed E-state index contributed by atoms with van der Waals surface area (Å²) in [6.45, 7) is 7.40. The Balaban J connectivity index is 1.74. The quantitative estimate of drug-likeness (QED) is 0.296. The maximum atomic E-state index is 10.9. The number of fused-ring (bicyclic) bond motifs is 3. The Morgan fingerprint density at radius 3 is 2.11 bits per heavy atom. The zero-order chi connectivity index (χ0) is 19.8. The molecular formula is C26H35NO. The average molecular weight is 378 g/mol. The molecule has 0 bridgehead atoms. The van der Waals surface area contributed by atoms with Crippen LogP contribution in [-0.2, 0) is 0 Å². The molecule has 2 nitrogen and oxygen atoms in total. The van der Waals surface area contributed by atoms with E-state index in [4.69, 9.17) is 0 Å². The molecule has 3 aromatic carbocycles. The van der Waals surface area contributed by atoms with Crippen molar-refractivity contribution in [1.82, 2.24) is 4.90 Å². The van der Waals surface area contributed by atoms with Crippen LogP contribution < -0.4 is 0 Å². The van der Waals surface area contributed by atoms with Crippen LogP contribution >= 0.6 is 0 Å². The van der Waals surface area contributed by atoms with Gasteiger partial charge in [-0.2, -0.15) is 0 Å². The second kappa shape index (κ2) is 10.6. The third kappa shape index (κ3) is 5.33. The van der Waals surface area contributed by atoms with E-state index in [2.05, 4.69) is 73.3 Å². The molecule has 0 amide bonds. The lowest BCUT2D eigenvalue weighted by atomic mass is 9.98. The van der Waals surface area contributed by atoms with Crippen LogP contribution in [0.4, 0.5) is 0 Å². The number of nitrogens with zero attached hydrogens (tertiary/aromatic N) is 1. The first-order chi connectivity index (χ1) is 13.7. The highest BCUT2D eigenvalue weighted by Crippen LogP contribution is 2.28. The molecule has 0 saturated carbocycles. The summed E-state index contributed by atoms with van der Waals surface area (Å²) in [4.78, 5) is 2.46.